The molecule has 1 rings (SSSR count). The van der Waals surface area contributed by atoms with Crippen molar-refractivity contribution in [3.05, 3.63) is 23.8 Å². The number of carbonyl (C=O) groups excluding carboxylic acids is 1. The van der Waals surface area contributed by atoms with Gasteiger partial charge >= 0.3 is 0 Å². The minimum Gasteiger partial charge on any atom is -0.495 e. The zero-order valence-corrected chi connectivity index (χ0v) is 10.2. The van der Waals surface area contributed by atoms with E-state index in [1.807, 2.05) is 12.1 Å². The van der Waals surface area contributed by atoms with E-state index < -0.39 is 0 Å². The molecule has 0 fully saturated rings. The van der Waals surface area contributed by atoms with Gasteiger partial charge in [-0.1, -0.05) is 6.07 Å². The molecule has 1 N–H and O–H groups in total. The summed E-state index contributed by atoms with van der Waals surface area (Å²) in [4.78, 5) is 11.4. The summed E-state index contributed by atoms with van der Waals surface area (Å²) in [5, 5.41) is 2.71. The van der Waals surface area contributed by atoms with E-state index in [2.05, 4.69) is 17.9 Å². The van der Waals surface area contributed by atoms with Crippen LogP contribution in [0.5, 0.6) is 5.75 Å². The van der Waals surface area contributed by atoms with Crippen LogP contribution in [0.15, 0.2) is 18.2 Å². The monoisotopic (exact) mass is 241 g/mol. The van der Waals surface area contributed by atoms with Gasteiger partial charge in [0.2, 0.25) is 5.91 Å². The van der Waals surface area contributed by atoms with Crippen molar-refractivity contribution in [2.75, 3.05) is 26.1 Å². The summed E-state index contributed by atoms with van der Waals surface area (Å²) in [6.07, 6.45) is 0. The minimum atomic E-state index is -0.211. The van der Waals surface area contributed by atoms with E-state index in [-0.39, 0.29) is 12.5 Å². The topological polar surface area (TPSA) is 47.6 Å². The normalized spacial score (nSPS) is 9.94. The number of thiol groups is 1. The van der Waals surface area contributed by atoms with Crippen LogP contribution in [-0.4, -0.2) is 26.7 Å². The molecule has 0 atom stereocenters. The molecule has 0 aromatic heterocycles. The van der Waals surface area contributed by atoms with Crippen molar-refractivity contribution >= 4 is 24.2 Å². The molecule has 0 spiro atoms. The van der Waals surface area contributed by atoms with Gasteiger partial charge in [-0.15, -0.1) is 0 Å². The number of hydrogen-bond donors (Lipinski definition) is 2. The molecule has 0 radical (unpaired) electrons. The van der Waals surface area contributed by atoms with Gasteiger partial charge in [-0.25, -0.2) is 0 Å². The van der Waals surface area contributed by atoms with E-state index in [1.54, 1.807) is 13.2 Å². The predicted octanol–water partition coefficient (Wildman–Crippen LogP) is 1.71. The minimum absolute atomic E-state index is 0.0221. The number of hydrogen-bond acceptors (Lipinski definition) is 4. The molecular formula is C11H15NO3S. The first kappa shape index (κ1) is 12.9. The number of nitrogens with one attached hydrogen (secondary N) is 1. The molecule has 0 aliphatic rings. The maximum Gasteiger partial charge on any atom is 0.250 e. The third-order valence-corrected chi connectivity index (χ3v) is 2.36. The van der Waals surface area contributed by atoms with Gasteiger partial charge in [0.15, 0.2) is 0 Å². The lowest BCUT2D eigenvalue weighted by Crippen LogP contribution is -2.17. The van der Waals surface area contributed by atoms with Crippen molar-refractivity contribution in [1.82, 2.24) is 0 Å². The summed E-state index contributed by atoms with van der Waals surface area (Å²) in [5.41, 5.74) is 1.65. The van der Waals surface area contributed by atoms with Gasteiger partial charge < -0.3 is 14.8 Å². The summed E-state index contributed by atoms with van der Waals surface area (Å²) in [5.74, 6) is 1.02. The molecule has 0 saturated heterocycles. The third kappa shape index (κ3) is 3.43. The Bertz CT molecular complexity index is 368. The molecule has 1 aromatic carbocycles. The molecule has 16 heavy (non-hydrogen) atoms. The SMILES string of the molecule is COCC(=O)Nc1cc(CS)ccc1OC. The number of amides is 1. The smallest absolute Gasteiger partial charge is 0.250 e. The number of benzene rings is 1. The van der Waals surface area contributed by atoms with Crippen molar-refractivity contribution in [2.24, 2.45) is 0 Å². The van der Waals surface area contributed by atoms with Crippen molar-refractivity contribution < 1.29 is 14.3 Å². The fourth-order valence-corrected chi connectivity index (χ4v) is 1.47. The average molecular weight is 241 g/mol. The van der Waals surface area contributed by atoms with Crippen molar-refractivity contribution in [3.8, 4) is 5.75 Å². The summed E-state index contributed by atoms with van der Waals surface area (Å²) in [7, 11) is 3.03. The van der Waals surface area contributed by atoms with E-state index in [0.717, 1.165) is 5.56 Å². The van der Waals surface area contributed by atoms with Crippen LogP contribution in [0.1, 0.15) is 5.56 Å². The molecule has 4 nitrogen and oxygen atoms in total. The first-order valence-electron chi connectivity index (χ1n) is 4.77. The first-order valence-corrected chi connectivity index (χ1v) is 5.41. The predicted molar refractivity (Wildman–Crippen MR) is 66.2 cm³/mol. The molecule has 0 bridgehead atoms. The van der Waals surface area contributed by atoms with Gasteiger partial charge in [-0.2, -0.15) is 12.6 Å². The Balaban J connectivity index is 2.86. The number of anilines is 1. The molecule has 0 saturated carbocycles. The van der Waals surface area contributed by atoms with Crippen LogP contribution in [0.3, 0.4) is 0 Å². The van der Waals surface area contributed by atoms with Gasteiger partial charge in [0, 0.05) is 12.9 Å². The zero-order chi connectivity index (χ0) is 12.0. The van der Waals surface area contributed by atoms with E-state index in [1.165, 1.54) is 7.11 Å². The Labute approximate surface area is 100 Å². The lowest BCUT2D eigenvalue weighted by Gasteiger charge is -2.11. The molecule has 1 aromatic rings. The van der Waals surface area contributed by atoms with E-state index in [9.17, 15) is 4.79 Å². The Morgan fingerprint density at radius 1 is 1.44 bits per heavy atom. The van der Waals surface area contributed by atoms with E-state index >= 15 is 0 Å². The molecule has 88 valence electrons. The summed E-state index contributed by atoms with van der Waals surface area (Å²) in [6, 6.07) is 5.53. The highest BCUT2D eigenvalue weighted by Gasteiger charge is 2.07. The third-order valence-electron chi connectivity index (χ3n) is 2.00. The van der Waals surface area contributed by atoms with Crippen LogP contribution in [0.4, 0.5) is 5.69 Å². The molecule has 0 unspecified atom stereocenters. The summed E-state index contributed by atoms with van der Waals surface area (Å²) < 4.78 is 9.88. The van der Waals surface area contributed by atoms with Crippen molar-refractivity contribution in [2.45, 2.75) is 5.75 Å². The van der Waals surface area contributed by atoms with Gasteiger partial charge in [-0.3, -0.25) is 4.79 Å². The van der Waals surface area contributed by atoms with Crippen LogP contribution in [0.2, 0.25) is 0 Å². The fourth-order valence-electron chi connectivity index (χ4n) is 1.27. The Hall–Kier alpha value is -1.20. The Kier molecular flexibility index (Phi) is 5.14. The van der Waals surface area contributed by atoms with E-state index in [0.29, 0.717) is 17.2 Å². The maximum atomic E-state index is 11.4. The molecular weight excluding hydrogens is 226 g/mol. The summed E-state index contributed by atoms with van der Waals surface area (Å²) in [6.45, 7) is 0.0221. The highest BCUT2D eigenvalue weighted by molar-refractivity contribution is 7.79. The maximum absolute atomic E-state index is 11.4. The molecule has 5 heteroatoms. The van der Waals surface area contributed by atoms with Gasteiger partial charge in [-0.05, 0) is 17.7 Å². The number of ether oxygens (including phenoxy) is 2. The standard InChI is InChI=1S/C11H15NO3S/c1-14-6-11(13)12-9-5-8(7-16)3-4-10(9)15-2/h3-5,16H,6-7H2,1-2H3,(H,12,13). The van der Waals surface area contributed by atoms with Gasteiger partial charge in [0.1, 0.15) is 12.4 Å². The van der Waals surface area contributed by atoms with Crippen molar-refractivity contribution in [3.63, 3.8) is 0 Å². The van der Waals surface area contributed by atoms with Gasteiger partial charge in [0.25, 0.3) is 0 Å². The van der Waals surface area contributed by atoms with Gasteiger partial charge in [0.05, 0.1) is 12.8 Å². The quantitative estimate of drug-likeness (QED) is 0.771. The highest BCUT2D eigenvalue weighted by atomic mass is 32.1. The second kappa shape index (κ2) is 6.40. The average Bonchev–Trinajstić information content (AvgIpc) is 2.29. The van der Waals surface area contributed by atoms with Crippen molar-refractivity contribution in [1.29, 1.82) is 0 Å². The van der Waals surface area contributed by atoms with Crippen LogP contribution >= 0.6 is 12.6 Å². The number of methoxy groups -OCH3 is 2. The van der Waals surface area contributed by atoms with Crippen LogP contribution in [0.25, 0.3) is 0 Å². The molecule has 0 aliphatic heterocycles. The number of rotatable bonds is 5. The lowest BCUT2D eigenvalue weighted by atomic mass is 10.2. The summed E-state index contributed by atoms with van der Waals surface area (Å²) >= 11 is 4.17. The Morgan fingerprint density at radius 2 is 2.19 bits per heavy atom. The van der Waals surface area contributed by atoms with Crippen LogP contribution in [-0.2, 0) is 15.3 Å². The Morgan fingerprint density at radius 3 is 2.75 bits per heavy atom. The first-order chi connectivity index (χ1) is 7.71. The number of carbonyl (C=O) groups is 1. The molecule has 0 heterocycles. The molecule has 1 amide bonds. The fraction of sp³-hybridized carbons (Fsp3) is 0.364. The highest BCUT2D eigenvalue weighted by Crippen LogP contribution is 2.25. The second-order valence-electron chi connectivity index (χ2n) is 3.17. The zero-order valence-electron chi connectivity index (χ0n) is 9.32. The van der Waals surface area contributed by atoms with Crippen LogP contribution < -0.4 is 10.1 Å². The molecule has 0 aliphatic carbocycles. The lowest BCUT2D eigenvalue weighted by molar-refractivity contribution is -0.119. The van der Waals surface area contributed by atoms with Crippen LogP contribution in [0, 0.1) is 0 Å². The second-order valence-corrected chi connectivity index (χ2v) is 3.49. The van der Waals surface area contributed by atoms with E-state index in [4.69, 9.17) is 9.47 Å². The largest absolute Gasteiger partial charge is 0.495 e.